The van der Waals surface area contributed by atoms with Crippen molar-refractivity contribution < 1.29 is 0 Å². The minimum Gasteiger partial charge on any atom is -0.309 e. The summed E-state index contributed by atoms with van der Waals surface area (Å²) in [5.74, 6) is 0. The quantitative estimate of drug-likeness (QED) is 0.903. The SMILES string of the molecule is CCNC1c2ccccc2CC1N(C)Cc1ccccc1. The van der Waals surface area contributed by atoms with Crippen LogP contribution in [0.4, 0.5) is 0 Å². The summed E-state index contributed by atoms with van der Waals surface area (Å²) in [7, 11) is 2.24. The maximum absolute atomic E-state index is 3.68. The average Bonchev–Trinajstić information content (AvgIpc) is 2.88. The van der Waals surface area contributed by atoms with Crippen LogP contribution in [0.2, 0.25) is 0 Å². The van der Waals surface area contributed by atoms with Crippen LogP contribution >= 0.6 is 0 Å². The van der Waals surface area contributed by atoms with Crippen LogP contribution in [0.5, 0.6) is 0 Å². The van der Waals surface area contributed by atoms with E-state index in [1.807, 2.05) is 0 Å². The Morgan fingerprint density at radius 2 is 1.76 bits per heavy atom. The van der Waals surface area contributed by atoms with Gasteiger partial charge >= 0.3 is 0 Å². The van der Waals surface area contributed by atoms with Crippen LogP contribution in [0.3, 0.4) is 0 Å². The van der Waals surface area contributed by atoms with Gasteiger partial charge in [-0.3, -0.25) is 4.90 Å². The fourth-order valence-corrected chi connectivity index (χ4v) is 3.44. The predicted molar refractivity (Wildman–Crippen MR) is 88.3 cm³/mol. The van der Waals surface area contributed by atoms with Gasteiger partial charge in [-0.15, -0.1) is 0 Å². The molecule has 110 valence electrons. The van der Waals surface area contributed by atoms with E-state index in [4.69, 9.17) is 0 Å². The standard InChI is InChI=1S/C19H24N2/c1-3-20-19-17-12-8-7-11-16(17)13-18(19)21(2)14-15-9-5-4-6-10-15/h4-12,18-20H,3,13-14H2,1-2H3. The molecule has 0 amide bonds. The van der Waals surface area contributed by atoms with Crippen molar-refractivity contribution in [2.24, 2.45) is 0 Å². The molecule has 0 fully saturated rings. The lowest BCUT2D eigenvalue weighted by Crippen LogP contribution is -2.40. The summed E-state index contributed by atoms with van der Waals surface area (Å²) in [4.78, 5) is 2.49. The number of rotatable bonds is 5. The van der Waals surface area contributed by atoms with E-state index in [1.54, 1.807) is 0 Å². The van der Waals surface area contributed by atoms with Crippen LogP contribution in [-0.2, 0) is 13.0 Å². The molecule has 0 bridgehead atoms. The lowest BCUT2D eigenvalue weighted by atomic mass is 10.1. The molecule has 2 aromatic rings. The Morgan fingerprint density at radius 3 is 2.52 bits per heavy atom. The Labute approximate surface area is 127 Å². The monoisotopic (exact) mass is 280 g/mol. The molecule has 2 unspecified atom stereocenters. The number of fused-ring (bicyclic) bond motifs is 1. The minimum absolute atomic E-state index is 0.444. The molecule has 2 aromatic carbocycles. The lowest BCUT2D eigenvalue weighted by molar-refractivity contribution is 0.197. The molecule has 1 N–H and O–H groups in total. The van der Waals surface area contributed by atoms with Gasteiger partial charge < -0.3 is 5.32 Å². The number of hydrogen-bond acceptors (Lipinski definition) is 2. The Kier molecular flexibility index (Phi) is 4.37. The van der Waals surface area contributed by atoms with Gasteiger partial charge in [0.2, 0.25) is 0 Å². The third-order valence-electron chi connectivity index (χ3n) is 4.47. The van der Waals surface area contributed by atoms with Gasteiger partial charge in [0, 0.05) is 18.6 Å². The zero-order valence-corrected chi connectivity index (χ0v) is 12.9. The second-order valence-corrected chi connectivity index (χ2v) is 5.91. The first kappa shape index (κ1) is 14.3. The number of hydrogen-bond donors (Lipinski definition) is 1. The molecule has 0 saturated carbocycles. The molecule has 1 aliphatic carbocycles. The normalized spacial score (nSPS) is 20.7. The van der Waals surface area contributed by atoms with Gasteiger partial charge in [0.1, 0.15) is 0 Å². The second kappa shape index (κ2) is 6.42. The summed E-state index contributed by atoms with van der Waals surface area (Å²) in [5, 5.41) is 3.68. The Bertz CT molecular complexity index is 579. The van der Waals surface area contributed by atoms with Crippen molar-refractivity contribution in [3.05, 3.63) is 71.3 Å². The first-order valence-electron chi connectivity index (χ1n) is 7.85. The van der Waals surface area contributed by atoms with Gasteiger partial charge in [-0.1, -0.05) is 61.5 Å². The molecule has 0 heterocycles. The molecule has 21 heavy (non-hydrogen) atoms. The van der Waals surface area contributed by atoms with E-state index in [1.165, 1.54) is 16.7 Å². The van der Waals surface area contributed by atoms with Crippen LogP contribution < -0.4 is 5.32 Å². The molecular formula is C19H24N2. The van der Waals surface area contributed by atoms with E-state index in [-0.39, 0.29) is 0 Å². The molecular weight excluding hydrogens is 256 g/mol. The van der Waals surface area contributed by atoms with Crippen molar-refractivity contribution in [1.29, 1.82) is 0 Å². The highest BCUT2D eigenvalue weighted by Gasteiger charge is 2.33. The van der Waals surface area contributed by atoms with Crippen molar-refractivity contribution in [2.45, 2.75) is 32.0 Å². The highest BCUT2D eigenvalue weighted by molar-refractivity contribution is 5.37. The smallest absolute Gasteiger partial charge is 0.0484 e. The Morgan fingerprint density at radius 1 is 1.05 bits per heavy atom. The van der Waals surface area contributed by atoms with Crippen molar-refractivity contribution in [3.8, 4) is 0 Å². The number of nitrogens with one attached hydrogen (secondary N) is 1. The summed E-state index contributed by atoms with van der Waals surface area (Å²) in [6.45, 7) is 4.20. The largest absolute Gasteiger partial charge is 0.309 e. The summed E-state index contributed by atoms with van der Waals surface area (Å²) < 4.78 is 0. The summed E-state index contributed by atoms with van der Waals surface area (Å²) in [5.41, 5.74) is 4.35. The summed E-state index contributed by atoms with van der Waals surface area (Å²) >= 11 is 0. The van der Waals surface area contributed by atoms with E-state index in [0.29, 0.717) is 12.1 Å². The Balaban J connectivity index is 1.78. The Hall–Kier alpha value is -1.64. The molecule has 0 radical (unpaired) electrons. The summed E-state index contributed by atoms with van der Waals surface area (Å²) in [6, 6.07) is 20.6. The predicted octanol–water partition coefficient (Wildman–Crippen LogP) is 3.39. The third-order valence-corrected chi connectivity index (χ3v) is 4.47. The van der Waals surface area contributed by atoms with Crippen LogP contribution in [0.25, 0.3) is 0 Å². The fraction of sp³-hybridized carbons (Fsp3) is 0.368. The number of nitrogens with zero attached hydrogens (tertiary/aromatic N) is 1. The van der Waals surface area contributed by atoms with Gasteiger partial charge in [0.05, 0.1) is 0 Å². The average molecular weight is 280 g/mol. The van der Waals surface area contributed by atoms with Gasteiger partial charge in [-0.2, -0.15) is 0 Å². The van der Waals surface area contributed by atoms with E-state index < -0.39 is 0 Å². The fourth-order valence-electron chi connectivity index (χ4n) is 3.44. The zero-order chi connectivity index (χ0) is 14.7. The van der Waals surface area contributed by atoms with Crippen LogP contribution in [0, 0.1) is 0 Å². The molecule has 3 rings (SSSR count). The topological polar surface area (TPSA) is 15.3 Å². The molecule has 0 aliphatic heterocycles. The maximum atomic E-state index is 3.68. The number of likely N-dealkylation sites (N-methyl/N-ethyl adjacent to an activating group) is 2. The van der Waals surface area contributed by atoms with E-state index in [0.717, 1.165) is 19.5 Å². The van der Waals surface area contributed by atoms with Crippen molar-refractivity contribution in [3.63, 3.8) is 0 Å². The van der Waals surface area contributed by atoms with Gasteiger partial charge in [0.25, 0.3) is 0 Å². The van der Waals surface area contributed by atoms with Crippen LogP contribution in [0.15, 0.2) is 54.6 Å². The first-order valence-corrected chi connectivity index (χ1v) is 7.85. The molecule has 2 atom stereocenters. The third kappa shape index (κ3) is 3.02. The van der Waals surface area contributed by atoms with Crippen molar-refractivity contribution in [2.75, 3.05) is 13.6 Å². The lowest BCUT2D eigenvalue weighted by Gasteiger charge is -2.30. The number of benzene rings is 2. The zero-order valence-electron chi connectivity index (χ0n) is 12.9. The molecule has 2 nitrogen and oxygen atoms in total. The molecule has 0 spiro atoms. The van der Waals surface area contributed by atoms with E-state index in [2.05, 4.69) is 78.8 Å². The summed E-state index contributed by atoms with van der Waals surface area (Å²) in [6.07, 6.45) is 1.14. The van der Waals surface area contributed by atoms with Crippen LogP contribution in [-0.4, -0.2) is 24.5 Å². The highest BCUT2D eigenvalue weighted by atomic mass is 15.2. The second-order valence-electron chi connectivity index (χ2n) is 5.91. The molecule has 0 aromatic heterocycles. The maximum Gasteiger partial charge on any atom is 0.0484 e. The molecule has 2 heteroatoms. The van der Waals surface area contributed by atoms with Gasteiger partial charge in [-0.05, 0) is 36.7 Å². The van der Waals surface area contributed by atoms with Crippen LogP contribution in [0.1, 0.15) is 29.7 Å². The van der Waals surface area contributed by atoms with Gasteiger partial charge in [-0.25, -0.2) is 0 Å². The van der Waals surface area contributed by atoms with E-state index >= 15 is 0 Å². The van der Waals surface area contributed by atoms with E-state index in [9.17, 15) is 0 Å². The first-order chi connectivity index (χ1) is 10.3. The minimum atomic E-state index is 0.444. The van der Waals surface area contributed by atoms with Crippen molar-refractivity contribution in [1.82, 2.24) is 10.2 Å². The molecule has 1 aliphatic rings. The van der Waals surface area contributed by atoms with Gasteiger partial charge in [0.15, 0.2) is 0 Å². The highest BCUT2D eigenvalue weighted by Crippen LogP contribution is 2.34. The molecule has 0 saturated heterocycles. The van der Waals surface area contributed by atoms with Crippen molar-refractivity contribution >= 4 is 0 Å².